The van der Waals surface area contributed by atoms with Gasteiger partial charge in [-0.05, 0) is 81.9 Å². The molecule has 262 valence electrons. The van der Waals surface area contributed by atoms with E-state index >= 15 is 0 Å². The monoisotopic (exact) mass is 699 g/mol. The molecule has 2 aliphatic heterocycles. The number of thiophene rings is 1. The summed E-state index contributed by atoms with van der Waals surface area (Å²) in [5.74, 6) is 3.77. The van der Waals surface area contributed by atoms with Crippen molar-refractivity contribution in [2.24, 2.45) is 5.92 Å². The van der Waals surface area contributed by atoms with Crippen molar-refractivity contribution in [2.45, 2.75) is 95.0 Å². The van der Waals surface area contributed by atoms with E-state index in [1.54, 1.807) is 26.8 Å². The summed E-state index contributed by atoms with van der Waals surface area (Å²) in [6.45, 7) is 5.19. The Balaban J connectivity index is 1.32. The fourth-order valence-corrected chi connectivity index (χ4v) is 6.94. The highest BCUT2D eigenvalue weighted by molar-refractivity contribution is 7.10. The molecule has 50 heavy (non-hydrogen) atoms. The number of para-hydroxylation sites is 2. The Morgan fingerprint density at radius 3 is 2.58 bits per heavy atom. The van der Waals surface area contributed by atoms with Gasteiger partial charge in [-0.25, -0.2) is 19.6 Å². The van der Waals surface area contributed by atoms with Gasteiger partial charge in [-0.2, -0.15) is 0 Å². The molecule has 1 aromatic carbocycles. The van der Waals surface area contributed by atoms with Crippen LogP contribution in [0.25, 0.3) is 11.0 Å². The third-order valence-electron chi connectivity index (χ3n) is 8.95. The maximum absolute atomic E-state index is 14.3. The van der Waals surface area contributed by atoms with Crippen molar-refractivity contribution in [3.05, 3.63) is 64.5 Å². The second-order valence-corrected chi connectivity index (χ2v) is 14.9. The standard InChI is InChI=1S/C37H41N5O7S/c1-36(2,3)49-35(47)40-29-16-8-6-4-5-7-12-23-21-37(23,34(45)46)41-31(43)30-20-24(22-42(30)33(29)44)48-32-28(18-17-25-13-11-19-50-25)38-26-14-9-10-15-27(26)39-32/h7,9-15,19,23-24,29-30H,4-6,8,16,20-22H2,1-3H3,(H,40,47)(H,41,43)(H,45,46)/b12-7-/t23?,24-,29+,30?,37?/m1/s1. The average molecular weight is 700 g/mol. The Labute approximate surface area is 294 Å². The number of aliphatic carboxylic acids is 1. The number of hydrogen-bond acceptors (Lipinski definition) is 9. The normalized spacial score (nSPS) is 26.2. The molecule has 3 amide bonds. The lowest BCUT2D eigenvalue weighted by molar-refractivity contribution is -0.145. The zero-order valence-electron chi connectivity index (χ0n) is 28.3. The van der Waals surface area contributed by atoms with Gasteiger partial charge in [0.2, 0.25) is 17.7 Å². The summed E-state index contributed by atoms with van der Waals surface area (Å²) in [5, 5.41) is 17.6. The van der Waals surface area contributed by atoms with E-state index in [1.165, 1.54) is 16.2 Å². The number of hydrogen-bond donors (Lipinski definition) is 3. The van der Waals surface area contributed by atoms with Crippen molar-refractivity contribution in [3.8, 4) is 17.7 Å². The quantitative estimate of drug-likeness (QED) is 0.257. The molecular weight excluding hydrogens is 659 g/mol. The first-order valence-electron chi connectivity index (χ1n) is 16.9. The minimum atomic E-state index is -1.45. The molecule has 3 aromatic rings. The van der Waals surface area contributed by atoms with Crippen LogP contribution in [-0.4, -0.2) is 79.7 Å². The number of carbonyl (C=O) groups is 4. The molecule has 1 aliphatic carbocycles. The molecule has 3 unspecified atom stereocenters. The van der Waals surface area contributed by atoms with Crippen LogP contribution >= 0.6 is 11.3 Å². The molecule has 6 rings (SSSR count). The summed E-state index contributed by atoms with van der Waals surface area (Å²) in [5.41, 5.74) is -0.718. The fourth-order valence-electron chi connectivity index (χ4n) is 6.37. The van der Waals surface area contributed by atoms with Crippen molar-refractivity contribution < 1.29 is 33.8 Å². The molecule has 1 saturated carbocycles. The third kappa shape index (κ3) is 8.08. The summed E-state index contributed by atoms with van der Waals surface area (Å²) in [4.78, 5) is 65.3. The summed E-state index contributed by atoms with van der Waals surface area (Å²) in [7, 11) is 0. The maximum atomic E-state index is 14.3. The number of carbonyl (C=O) groups excluding carboxylic acids is 3. The number of aromatic nitrogens is 2. The van der Waals surface area contributed by atoms with Gasteiger partial charge in [0.25, 0.3) is 0 Å². The molecule has 0 radical (unpaired) electrons. The van der Waals surface area contributed by atoms with E-state index in [1.807, 2.05) is 47.9 Å². The molecule has 2 fully saturated rings. The van der Waals surface area contributed by atoms with Crippen molar-refractivity contribution >= 4 is 46.2 Å². The molecule has 3 N–H and O–H groups in total. The number of rotatable bonds is 4. The average Bonchev–Trinajstić information content (AvgIpc) is 3.36. The molecule has 13 heteroatoms. The van der Waals surface area contributed by atoms with Crippen LogP contribution in [0.15, 0.2) is 53.9 Å². The van der Waals surface area contributed by atoms with Gasteiger partial charge < -0.3 is 30.1 Å². The Bertz CT molecular complexity index is 1860. The van der Waals surface area contributed by atoms with Crippen molar-refractivity contribution in [2.75, 3.05) is 6.54 Å². The molecule has 0 bridgehead atoms. The molecule has 2 aromatic heterocycles. The van der Waals surface area contributed by atoms with E-state index in [9.17, 15) is 24.3 Å². The van der Waals surface area contributed by atoms with E-state index < -0.39 is 53.2 Å². The van der Waals surface area contributed by atoms with E-state index in [4.69, 9.17) is 19.4 Å². The first-order valence-corrected chi connectivity index (χ1v) is 17.8. The van der Waals surface area contributed by atoms with Gasteiger partial charge in [0.05, 0.1) is 22.5 Å². The predicted octanol–water partition coefficient (Wildman–Crippen LogP) is 4.81. The number of fused-ring (bicyclic) bond motifs is 3. The highest BCUT2D eigenvalue weighted by atomic mass is 32.1. The number of nitrogens with one attached hydrogen (secondary N) is 2. The van der Waals surface area contributed by atoms with Gasteiger partial charge in [0, 0.05) is 12.3 Å². The number of carboxylic acids is 1. The first kappa shape index (κ1) is 34.9. The topological polar surface area (TPSA) is 160 Å². The number of amides is 3. The molecule has 3 aliphatic rings. The number of ether oxygens (including phenoxy) is 2. The van der Waals surface area contributed by atoms with E-state index in [-0.39, 0.29) is 31.2 Å². The minimum Gasteiger partial charge on any atom is -0.479 e. The Hall–Kier alpha value is -4.96. The number of nitrogens with zero attached hydrogens (tertiary/aromatic N) is 3. The van der Waals surface area contributed by atoms with E-state index in [0.29, 0.717) is 29.6 Å². The second-order valence-electron chi connectivity index (χ2n) is 13.9. The summed E-state index contributed by atoms with van der Waals surface area (Å²) in [6, 6.07) is 9.07. The molecule has 5 atom stereocenters. The predicted molar refractivity (Wildman–Crippen MR) is 186 cm³/mol. The molecule has 4 heterocycles. The van der Waals surface area contributed by atoms with Gasteiger partial charge >= 0.3 is 12.1 Å². The SMILES string of the molecule is CC(C)(C)OC(=O)N[C@H]1CCCCC/C=C\C2CC2(C(=O)O)NC(=O)C2C[C@@H](Oc3nc4ccccc4nc3C#Cc3cccs3)CN2C1=O. The van der Waals surface area contributed by atoms with Crippen molar-refractivity contribution in [1.29, 1.82) is 0 Å². The van der Waals surface area contributed by atoms with E-state index in [2.05, 4.69) is 22.5 Å². The second kappa shape index (κ2) is 14.5. The summed E-state index contributed by atoms with van der Waals surface area (Å²) in [6.07, 6.45) is 6.01. The van der Waals surface area contributed by atoms with Crippen LogP contribution in [0.2, 0.25) is 0 Å². The van der Waals surface area contributed by atoms with Crippen LogP contribution < -0.4 is 15.4 Å². The lowest BCUT2D eigenvalue weighted by Gasteiger charge is -2.30. The lowest BCUT2D eigenvalue weighted by atomic mass is 10.0. The van der Waals surface area contributed by atoms with E-state index in [0.717, 1.165) is 24.1 Å². The molecule has 12 nitrogen and oxygen atoms in total. The highest BCUT2D eigenvalue weighted by Gasteiger charge is 2.61. The number of allylic oxidation sites excluding steroid dienone is 1. The van der Waals surface area contributed by atoms with Crippen LogP contribution in [0.4, 0.5) is 4.79 Å². The highest BCUT2D eigenvalue weighted by Crippen LogP contribution is 2.45. The van der Waals surface area contributed by atoms with Crippen molar-refractivity contribution in [3.63, 3.8) is 0 Å². The van der Waals surface area contributed by atoms with Gasteiger partial charge in [0.15, 0.2) is 5.69 Å². The van der Waals surface area contributed by atoms with Gasteiger partial charge in [0.1, 0.15) is 29.3 Å². The smallest absolute Gasteiger partial charge is 0.408 e. The van der Waals surface area contributed by atoms with Crippen LogP contribution in [0, 0.1) is 17.8 Å². The van der Waals surface area contributed by atoms with Crippen molar-refractivity contribution in [1.82, 2.24) is 25.5 Å². The van der Waals surface area contributed by atoms with Crippen LogP contribution in [0.5, 0.6) is 5.88 Å². The zero-order valence-corrected chi connectivity index (χ0v) is 29.1. The lowest BCUT2D eigenvalue weighted by Crippen LogP contribution is -2.56. The van der Waals surface area contributed by atoms with Crippen LogP contribution in [0.1, 0.15) is 76.3 Å². The molecular formula is C37H41N5O7S. The Kier molecular flexibility index (Phi) is 10.1. The molecule has 1 saturated heterocycles. The fraction of sp³-hybridized carbons (Fsp3) is 0.459. The largest absolute Gasteiger partial charge is 0.479 e. The maximum Gasteiger partial charge on any atom is 0.408 e. The van der Waals surface area contributed by atoms with Crippen LogP contribution in [0.3, 0.4) is 0 Å². The minimum absolute atomic E-state index is 0.0148. The number of carboxylic acid groups (broad SMARTS) is 1. The molecule has 0 spiro atoms. The first-order chi connectivity index (χ1) is 23.9. The van der Waals surface area contributed by atoms with Gasteiger partial charge in [-0.3, -0.25) is 9.59 Å². The number of alkyl carbamates (subject to hydrolysis) is 1. The summed E-state index contributed by atoms with van der Waals surface area (Å²) < 4.78 is 11.9. The Morgan fingerprint density at radius 2 is 1.86 bits per heavy atom. The zero-order chi connectivity index (χ0) is 35.5. The number of benzene rings is 1. The van der Waals surface area contributed by atoms with Gasteiger partial charge in [-0.15, -0.1) is 11.3 Å². The summed E-state index contributed by atoms with van der Waals surface area (Å²) >= 11 is 1.49. The third-order valence-corrected chi connectivity index (χ3v) is 9.74. The van der Waals surface area contributed by atoms with Crippen LogP contribution in [-0.2, 0) is 19.1 Å². The van der Waals surface area contributed by atoms with Gasteiger partial charge in [-0.1, -0.05) is 43.2 Å². The Morgan fingerprint density at radius 1 is 1.08 bits per heavy atom.